The van der Waals surface area contributed by atoms with Crippen LogP contribution in [0.4, 0.5) is 11.8 Å². The zero-order valence-electron chi connectivity index (χ0n) is 15.9. The lowest BCUT2D eigenvalue weighted by molar-refractivity contribution is -0.0207. The molecule has 0 aliphatic carbocycles. The lowest BCUT2D eigenvalue weighted by atomic mass is 10.1. The minimum atomic E-state index is -0.171. The highest BCUT2D eigenvalue weighted by Crippen LogP contribution is 2.40. The number of halogens is 1. The summed E-state index contributed by atoms with van der Waals surface area (Å²) in [6, 6.07) is 8.31. The van der Waals surface area contributed by atoms with Gasteiger partial charge < -0.3 is 9.26 Å². The molecule has 10 heteroatoms. The van der Waals surface area contributed by atoms with Crippen LogP contribution in [0.25, 0.3) is 5.69 Å². The van der Waals surface area contributed by atoms with Crippen LogP contribution in [0, 0.1) is 0 Å². The predicted octanol–water partition coefficient (Wildman–Crippen LogP) is 3.50. The number of hydrogen-bond acceptors (Lipinski definition) is 8. The summed E-state index contributed by atoms with van der Waals surface area (Å²) >= 11 is 6.39. The number of rotatable bonds is 2. The fraction of sp³-hybridized carbons (Fsp3) is 0.368. The van der Waals surface area contributed by atoms with E-state index in [1.165, 1.54) is 0 Å². The quantitative estimate of drug-likeness (QED) is 0.638. The Morgan fingerprint density at radius 2 is 2.10 bits per heavy atom. The first-order valence-electron chi connectivity index (χ1n) is 9.48. The van der Waals surface area contributed by atoms with Gasteiger partial charge in [-0.1, -0.05) is 17.3 Å². The average molecular weight is 412 g/mol. The third-order valence-corrected chi connectivity index (χ3v) is 5.78. The van der Waals surface area contributed by atoms with Crippen LogP contribution in [0.2, 0.25) is 5.28 Å². The van der Waals surface area contributed by atoms with E-state index >= 15 is 0 Å². The van der Waals surface area contributed by atoms with Gasteiger partial charge in [-0.05, 0) is 50.4 Å². The number of aliphatic imine (C=N–C) groups is 1. The molecule has 0 N–H and O–H groups in total. The van der Waals surface area contributed by atoms with E-state index in [-0.39, 0.29) is 11.7 Å². The first-order chi connectivity index (χ1) is 14.0. The number of benzene rings is 1. The second kappa shape index (κ2) is 5.80. The maximum atomic E-state index is 6.39. The Balaban J connectivity index is 1.39. The zero-order valence-corrected chi connectivity index (χ0v) is 16.7. The molecule has 0 saturated carbocycles. The Hall–Kier alpha value is -2.91. The number of hydrogen-bond donors (Lipinski definition) is 0. The Morgan fingerprint density at radius 1 is 1.24 bits per heavy atom. The topological polar surface area (TPSA) is 84.8 Å². The second-order valence-corrected chi connectivity index (χ2v) is 8.25. The highest BCUT2D eigenvalue weighted by atomic mass is 35.5. The van der Waals surface area contributed by atoms with Crippen molar-refractivity contribution in [3.8, 4) is 5.69 Å². The van der Waals surface area contributed by atoms with Gasteiger partial charge in [0, 0.05) is 5.56 Å². The third kappa shape index (κ3) is 2.44. The van der Waals surface area contributed by atoms with Crippen LogP contribution in [-0.2, 0) is 4.74 Å². The number of hydrazine groups is 1. The highest BCUT2D eigenvalue weighted by Gasteiger charge is 2.41. The van der Waals surface area contributed by atoms with Gasteiger partial charge in [0.25, 0.3) is 0 Å². The number of aromatic nitrogens is 4. The van der Waals surface area contributed by atoms with E-state index in [0.29, 0.717) is 23.8 Å². The molecule has 6 rings (SSSR count). The second-order valence-electron chi connectivity index (χ2n) is 7.91. The minimum Gasteiger partial charge on any atom is -0.364 e. The number of nitrogens with zero attached hydrogens (tertiary/aromatic N) is 7. The van der Waals surface area contributed by atoms with E-state index in [1.54, 1.807) is 6.20 Å². The van der Waals surface area contributed by atoms with Gasteiger partial charge in [-0.25, -0.2) is 20.0 Å². The SMILES string of the molecule is CC1(C)CCC(c2noc(N3CN=C4c5ccccc5-n5c(cnc5Cl)N43)n2)O1. The van der Waals surface area contributed by atoms with Crippen LogP contribution < -0.4 is 10.0 Å². The van der Waals surface area contributed by atoms with E-state index < -0.39 is 0 Å². The van der Waals surface area contributed by atoms with Crippen molar-refractivity contribution in [3.63, 3.8) is 0 Å². The smallest absolute Gasteiger partial charge is 0.345 e. The van der Waals surface area contributed by atoms with Crippen LogP contribution in [0.5, 0.6) is 0 Å². The molecule has 0 spiro atoms. The fourth-order valence-electron chi connectivity index (χ4n) is 4.13. The standard InChI is InChI=1S/C19H18ClN7O2/c1-19(2)8-7-13(28-19)15-23-18(29-24-15)25-10-22-16-11-5-3-4-6-12(11)26-14(27(16)25)9-21-17(26)20/h3-6,9,13H,7-8,10H2,1-2H3. The van der Waals surface area contributed by atoms with Crippen molar-refractivity contribution >= 4 is 29.3 Å². The molecule has 1 unspecified atom stereocenters. The minimum absolute atomic E-state index is 0.160. The molecule has 5 heterocycles. The molecule has 29 heavy (non-hydrogen) atoms. The number of fused-ring (bicyclic) bond motifs is 6. The molecule has 9 nitrogen and oxygen atoms in total. The molecule has 0 bridgehead atoms. The molecule has 1 fully saturated rings. The van der Waals surface area contributed by atoms with Crippen molar-refractivity contribution in [1.82, 2.24) is 19.7 Å². The summed E-state index contributed by atoms with van der Waals surface area (Å²) in [7, 11) is 0. The fourth-order valence-corrected chi connectivity index (χ4v) is 4.36. The summed E-state index contributed by atoms with van der Waals surface area (Å²) in [5, 5.41) is 8.29. The lowest BCUT2D eigenvalue weighted by Gasteiger charge is -2.33. The number of amidine groups is 1. The van der Waals surface area contributed by atoms with Gasteiger partial charge in [-0.3, -0.25) is 4.57 Å². The van der Waals surface area contributed by atoms with Crippen LogP contribution in [0.3, 0.4) is 0 Å². The van der Waals surface area contributed by atoms with Gasteiger partial charge in [0.15, 0.2) is 11.7 Å². The molecule has 0 radical (unpaired) electrons. The van der Waals surface area contributed by atoms with Crippen molar-refractivity contribution in [2.24, 2.45) is 4.99 Å². The van der Waals surface area contributed by atoms with Gasteiger partial charge in [0.2, 0.25) is 11.1 Å². The molecule has 2 aromatic heterocycles. The normalized spacial score (nSPS) is 21.8. The summed E-state index contributed by atoms with van der Waals surface area (Å²) in [4.78, 5) is 13.6. The van der Waals surface area contributed by atoms with E-state index in [4.69, 9.17) is 25.9 Å². The maximum absolute atomic E-state index is 6.39. The number of anilines is 2. The lowest BCUT2D eigenvalue weighted by Crippen LogP contribution is -2.45. The molecule has 1 atom stereocenters. The Kier molecular flexibility index (Phi) is 3.40. The van der Waals surface area contributed by atoms with E-state index in [9.17, 15) is 0 Å². The monoisotopic (exact) mass is 411 g/mol. The predicted molar refractivity (Wildman–Crippen MR) is 106 cm³/mol. The van der Waals surface area contributed by atoms with Crippen molar-refractivity contribution in [3.05, 3.63) is 47.1 Å². The molecule has 3 aliphatic rings. The van der Waals surface area contributed by atoms with Crippen LogP contribution in [0.1, 0.15) is 44.2 Å². The molecular formula is C19H18ClN7O2. The van der Waals surface area contributed by atoms with Gasteiger partial charge in [-0.2, -0.15) is 4.98 Å². The Labute approximate surface area is 171 Å². The van der Waals surface area contributed by atoms with E-state index in [1.807, 2.05) is 38.9 Å². The molecule has 0 amide bonds. The molecule has 1 saturated heterocycles. The van der Waals surface area contributed by atoms with E-state index in [0.717, 1.165) is 35.7 Å². The molecular weight excluding hydrogens is 394 g/mol. The largest absolute Gasteiger partial charge is 0.364 e. The van der Waals surface area contributed by atoms with Gasteiger partial charge in [0.1, 0.15) is 12.8 Å². The molecule has 3 aromatic rings. The average Bonchev–Trinajstić information content (AvgIpc) is 3.46. The van der Waals surface area contributed by atoms with Crippen LogP contribution in [-0.4, -0.2) is 37.8 Å². The van der Waals surface area contributed by atoms with Gasteiger partial charge in [-0.15, -0.1) is 0 Å². The Bertz CT molecular complexity index is 1150. The van der Waals surface area contributed by atoms with Crippen molar-refractivity contribution < 1.29 is 9.26 Å². The first-order valence-corrected chi connectivity index (χ1v) is 9.86. The summed E-state index contributed by atoms with van der Waals surface area (Å²) in [6.07, 6.45) is 3.38. The summed E-state index contributed by atoms with van der Waals surface area (Å²) in [5.74, 6) is 2.12. The van der Waals surface area contributed by atoms with Gasteiger partial charge in [0.05, 0.1) is 17.5 Å². The number of para-hydroxylation sites is 1. The van der Waals surface area contributed by atoms with Crippen molar-refractivity contribution in [2.45, 2.75) is 38.4 Å². The number of imidazole rings is 1. The maximum Gasteiger partial charge on any atom is 0.345 e. The third-order valence-electron chi connectivity index (χ3n) is 5.51. The number of ether oxygens (including phenoxy) is 1. The van der Waals surface area contributed by atoms with Crippen molar-refractivity contribution in [2.75, 3.05) is 16.7 Å². The van der Waals surface area contributed by atoms with Crippen molar-refractivity contribution in [1.29, 1.82) is 0 Å². The first kappa shape index (κ1) is 17.0. The summed E-state index contributed by atoms with van der Waals surface area (Å²) in [5.41, 5.74) is 1.73. The zero-order chi connectivity index (χ0) is 19.8. The van der Waals surface area contributed by atoms with Crippen LogP contribution >= 0.6 is 11.6 Å². The molecule has 3 aliphatic heterocycles. The Morgan fingerprint density at radius 3 is 2.93 bits per heavy atom. The highest BCUT2D eigenvalue weighted by molar-refractivity contribution is 6.29. The molecule has 1 aromatic carbocycles. The molecule has 148 valence electrons. The van der Waals surface area contributed by atoms with Crippen LogP contribution in [0.15, 0.2) is 40.0 Å². The summed E-state index contributed by atoms with van der Waals surface area (Å²) < 4.78 is 13.5. The summed E-state index contributed by atoms with van der Waals surface area (Å²) in [6.45, 7) is 4.50. The van der Waals surface area contributed by atoms with Gasteiger partial charge >= 0.3 is 6.01 Å². The van der Waals surface area contributed by atoms with E-state index in [2.05, 4.69) is 29.0 Å².